The van der Waals surface area contributed by atoms with Crippen molar-refractivity contribution in [3.05, 3.63) is 40.4 Å². The minimum absolute atomic E-state index is 0.00622. The maximum atomic E-state index is 16.7. The Kier molecular flexibility index (Phi) is 7.04. The van der Waals surface area contributed by atoms with Crippen molar-refractivity contribution in [2.45, 2.75) is 56.5 Å². The summed E-state index contributed by atoms with van der Waals surface area (Å²) in [5.74, 6) is -1.26. The molecule has 3 aliphatic heterocycles. The minimum atomic E-state index is -0.934. The normalized spacial score (nSPS) is 25.4. The molecular weight excluding hydrogens is 601 g/mol. The number of anilines is 1. The lowest BCUT2D eigenvalue weighted by Crippen LogP contribution is -2.43. The van der Waals surface area contributed by atoms with E-state index in [0.29, 0.717) is 13.0 Å². The van der Waals surface area contributed by atoms with Gasteiger partial charge in [0.25, 0.3) is 0 Å². The zero-order valence-electron chi connectivity index (χ0n) is 23.2. The maximum Gasteiger partial charge on any atom is 0.320 e. The fourth-order valence-electron chi connectivity index (χ4n) is 6.85. The molecule has 13 heteroatoms. The lowest BCUT2D eigenvalue weighted by Gasteiger charge is -2.30. The summed E-state index contributed by atoms with van der Waals surface area (Å²) in [7, 11) is 0. The molecule has 0 aliphatic carbocycles. The molecule has 2 aromatic carbocycles. The zero-order chi connectivity index (χ0) is 30.0. The van der Waals surface area contributed by atoms with Crippen LogP contribution < -0.4 is 20.5 Å². The van der Waals surface area contributed by atoms with Crippen LogP contribution in [0.4, 0.5) is 18.2 Å². The maximum absolute atomic E-state index is 16.7. The molecule has 3 aliphatic rings. The van der Waals surface area contributed by atoms with E-state index in [1.165, 1.54) is 18.2 Å². The molecule has 1 unspecified atom stereocenters. The van der Waals surface area contributed by atoms with E-state index in [-0.39, 0.29) is 78.3 Å². The predicted octanol–water partition coefficient (Wildman–Crippen LogP) is 5.98. The second-order valence-corrected chi connectivity index (χ2v) is 13.0. The van der Waals surface area contributed by atoms with Crippen molar-refractivity contribution < 1.29 is 22.6 Å². The number of nitrogen functional groups attached to an aromatic ring is 1. The molecule has 4 aromatic rings. The molecule has 43 heavy (non-hydrogen) atoms. The molecule has 0 amide bonds. The van der Waals surface area contributed by atoms with Gasteiger partial charge in [-0.15, -0.1) is 11.3 Å². The van der Waals surface area contributed by atoms with Crippen LogP contribution >= 0.6 is 22.9 Å². The van der Waals surface area contributed by atoms with E-state index in [4.69, 9.17) is 26.8 Å². The molecule has 3 fully saturated rings. The first-order valence-electron chi connectivity index (χ1n) is 14.2. The number of ether oxygens (including phenoxy) is 2. The lowest BCUT2D eigenvalue weighted by molar-refractivity contribution is 0.106. The summed E-state index contributed by atoms with van der Waals surface area (Å²) in [5.41, 5.74) is 5.66. The number of hydrogen-bond acceptors (Lipinski definition) is 9. The van der Waals surface area contributed by atoms with E-state index in [2.05, 4.69) is 20.2 Å². The third-order valence-electron chi connectivity index (χ3n) is 8.97. The second-order valence-electron chi connectivity index (χ2n) is 11.6. The average Bonchev–Trinajstić information content (AvgIpc) is 3.72. The Morgan fingerprint density at radius 1 is 1.33 bits per heavy atom. The SMILES string of the molecule is C[C@H]1NCC[C@@H]1Oc1nc(OCC23CCCN2C[C@H](F)C3)nc2c(F)c(-c3ccc(F)c4sc(N)c(C#N)c34)c(Cl)cc12. The summed E-state index contributed by atoms with van der Waals surface area (Å²) in [6.45, 7) is 4.06. The summed E-state index contributed by atoms with van der Waals surface area (Å²) in [6.07, 6.45) is 1.63. The summed E-state index contributed by atoms with van der Waals surface area (Å²) >= 11 is 7.64. The first kappa shape index (κ1) is 28.4. The lowest BCUT2D eigenvalue weighted by atomic mass is 9.95. The van der Waals surface area contributed by atoms with Crippen molar-refractivity contribution in [2.24, 2.45) is 0 Å². The van der Waals surface area contributed by atoms with Gasteiger partial charge in [0.2, 0.25) is 5.88 Å². The monoisotopic (exact) mass is 628 g/mol. The third-order valence-corrected chi connectivity index (χ3v) is 10.3. The molecule has 0 bridgehead atoms. The molecule has 224 valence electrons. The van der Waals surface area contributed by atoms with Crippen molar-refractivity contribution in [2.75, 3.05) is 32.0 Å². The highest BCUT2D eigenvalue weighted by Crippen LogP contribution is 2.46. The Morgan fingerprint density at radius 2 is 2.16 bits per heavy atom. The Morgan fingerprint density at radius 3 is 2.93 bits per heavy atom. The van der Waals surface area contributed by atoms with Crippen LogP contribution in [0.2, 0.25) is 5.02 Å². The predicted molar refractivity (Wildman–Crippen MR) is 159 cm³/mol. The molecular formula is C30H28ClF3N6O2S. The van der Waals surface area contributed by atoms with Crippen molar-refractivity contribution in [3.8, 4) is 29.1 Å². The number of hydrogen-bond donors (Lipinski definition) is 2. The van der Waals surface area contributed by atoms with Gasteiger partial charge in [-0.1, -0.05) is 17.7 Å². The van der Waals surface area contributed by atoms with Crippen molar-refractivity contribution in [1.82, 2.24) is 20.2 Å². The van der Waals surface area contributed by atoms with Crippen LogP contribution in [0.1, 0.15) is 38.2 Å². The molecule has 4 atom stereocenters. The molecule has 2 aromatic heterocycles. The smallest absolute Gasteiger partial charge is 0.320 e. The van der Waals surface area contributed by atoms with E-state index in [0.717, 1.165) is 43.7 Å². The van der Waals surface area contributed by atoms with Gasteiger partial charge in [0, 0.05) is 30.0 Å². The van der Waals surface area contributed by atoms with Gasteiger partial charge in [-0.25, -0.2) is 13.2 Å². The molecule has 5 heterocycles. The highest BCUT2D eigenvalue weighted by Gasteiger charge is 2.49. The number of benzene rings is 2. The van der Waals surface area contributed by atoms with Gasteiger partial charge in [-0.2, -0.15) is 15.2 Å². The summed E-state index contributed by atoms with van der Waals surface area (Å²) in [6, 6.07) is 6.03. The summed E-state index contributed by atoms with van der Waals surface area (Å²) < 4.78 is 58.3. The van der Waals surface area contributed by atoms with E-state index in [9.17, 15) is 14.0 Å². The first-order chi connectivity index (χ1) is 20.7. The number of rotatable bonds is 6. The number of halogens is 4. The van der Waals surface area contributed by atoms with Gasteiger partial charge in [0.1, 0.15) is 41.3 Å². The molecule has 0 radical (unpaired) electrons. The van der Waals surface area contributed by atoms with Crippen molar-refractivity contribution in [3.63, 3.8) is 0 Å². The van der Waals surface area contributed by atoms with Crippen molar-refractivity contribution >= 4 is 48.9 Å². The Labute approximate surface area is 254 Å². The van der Waals surface area contributed by atoms with Crippen molar-refractivity contribution in [1.29, 1.82) is 5.26 Å². The standard InChI is InChI=1S/C30H28ClF3N6O2S/c1-14-21(5-7-37-14)42-28-17-9-19(31)23(16-3-4-20(33)26-22(16)18(11-35)27(36)43-26)24(34)25(17)38-29(39-28)41-13-30-6-2-8-40(30)12-15(32)10-30/h3-4,9,14-15,21,37H,2,5-8,10,12-13,36H2,1H3/t14-,15-,21+,30?/m1/s1. The fraction of sp³-hybridized carbons (Fsp3) is 0.433. The number of thiophene rings is 1. The molecule has 8 nitrogen and oxygen atoms in total. The number of alkyl halides is 1. The second kappa shape index (κ2) is 10.7. The van der Waals surface area contributed by atoms with Crippen LogP contribution in [-0.4, -0.2) is 65.0 Å². The molecule has 3 N–H and O–H groups in total. The number of nitrogens with one attached hydrogen (secondary N) is 1. The highest BCUT2D eigenvalue weighted by molar-refractivity contribution is 7.23. The molecule has 7 rings (SSSR count). The molecule has 0 spiro atoms. The zero-order valence-corrected chi connectivity index (χ0v) is 24.8. The Hall–Kier alpha value is -3.37. The van der Waals surface area contributed by atoms with E-state index >= 15 is 4.39 Å². The topological polar surface area (TPSA) is 109 Å². The average molecular weight is 629 g/mol. The van der Waals surface area contributed by atoms with Gasteiger partial charge < -0.3 is 20.5 Å². The van der Waals surface area contributed by atoms with Crippen LogP contribution in [-0.2, 0) is 0 Å². The first-order valence-corrected chi connectivity index (χ1v) is 15.4. The van der Waals surface area contributed by atoms with E-state index in [1.807, 2.05) is 13.0 Å². The largest absolute Gasteiger partial charge is 0.472 e. The minimum Gasteiger partial charge on any atom is -0.472 e. The third kappa shape index (κ3) is 4.65. The number of nitrogens with two attached hydrogens (primary N) is 1. The van der Waals surface area contributed by atoms with Crippen LogP contribution in [0.5, 0.6) is 11.9 Å². The molecule has 0 saturated carbocycles. The van der Waals surface area contributed by atoms with Gasteiger partial charge in [0.15, 0.2) is 5.82 Å². The highest BCUT2D eigenvalue weighted by atomic mass is 35.5. The van der Waals surface area contributed by atoms with Crippen LogP contribution in [0.15, 0.2) is 18.2 Å². The number of fused-ring (bicyclic) bond motifs is 3. The Balaban J connectivity index is 1.37. The van der Waals surface area contributed by atoms with E-state index in [1.54, 1.807) is 0 Å². The van der Waals surface area contributed by atoms with Gasteiger partial charge in [-0.3, -0.25) is 4.90 Å². The Bertz CT molecular complexity index is 1820. The summed E-state index contributed by atoms with van der Waals surface area (Å²) in [5, 5.41) is 13.7. The van der Waals surface area contributed by atoms with Gasteiger partial charge in [0.05, 0.1) is 26.2 Å². The van der Waals surface area contributed by atoms with Crippen LogP contribution in [0.3, 0.4) is 0 Å². The number of aromatic nitrogens is 2. The number of nitriles is 1. The van der Waals surface area contributed by atoms with Crippen LogP contribution in [0, 0.1) is 23.0 Å². The number of nitrogens with zero attached hydrogens (tertiary/aromatic N) is 4. The van der Waals surface area contributed by atoms with Crippen LogP contribution in [0.25, 0.3) is 32.1 Å². The molecule has 3 saturated heterocycles. The summed E-state index contributed by atoms with van der Waals surface area (Å²) in [4.78, 5) is 11.1. The fourth-order valence-corrected chi connectivity index (χ4v) is 8.09. The van der Waals surface area contributed by atoms with Gasteiger partial charge >= 0.3 is 6.01 Å². The quantitative estimate of drug-likeness (QED) is 0.268. The van der Waals surface area contributed by atoms with Gasteiger partial charge in [-0.05, 0) is 57.0 Å². The van der Waals surface area contributed by atoms with E-state index < -0.39 is 23.3 Å².